The molecule has 1 N–H and O–H groups in total. The number of hydrogen-bond donors (Lipinski definition) is 1. The highest BCUT2D eigenvalue weighted by molar-refractivity contribution is 5.80. The SMILES string of the molecule is CCCCCN1CC(=O)NC1c1ccnn1CC. The van der Waals surface area contributed by atoms with Gasteiger partial charge in [0, 0.05) is 19.3 Å². The molecule has 0 aromatic carbocycles. The fourth-order valence-corrected chi connectivity index (χ4v) is 2.44. The van der Waals surface area contributed by atoms with E-state index in [1.165, 1.54) is 12.8 Å². The van der Waals surface area contributed by atoms with E-state index in [4.69, 9.17) is 0 Å². The van der Waals surface area contributed by atoms with Gasteiger partial charge >= 0.3 is 0 Å². The molecule has 0 bridgehead atoms. The van der Waals surface area contributed by atoms with E-state index in [0.29, 0.717) is 6.54 Å². The summed E-state index contributed by atoms with van der Waals surface area (Å²) in [7, 11) is 0. The van der Waals surface area contributed by atoms with Gasteiger partial charge in [-0.1, -0.05) is 19.8 Å². The van der Waals surface area contributed by atoms with Crippen LogP contribution in [0.3, 0.4) is 0 Å². The van der Waals surface area contributed by atoms with E-state index in [1.54, 1.807) is 6.20 Å². The number of rotatable bonds is 6. The molecule has 5 nitrogen and oxygen atoms in total. The Morgan fingerprint density at radius 1 is 1.44 bits per heavy atom. The molecule has 2 rings (SSSR count). The summed E-state index contributed by atoms with van der Waals surface area (Å²) in [5.41, 5.74) is 1.08. The first-order chi connectivity index (χ1) is 8.76. The first kappa shape index (κ1) is 13.1. The standard InChI is InChI=1S/C13H22N4O/c1-3-5-6-9-16-10-12(18)15-13(16)11-7-8-14-17(11)4-2/h7-8,13H,3-6,9-10H2,1-2H3,(H,15,18). The highest BCUT2D eigenvalue weighted by Gasteiger charge is 2.32. The van der Waals surface area contributed by atoms with Crippen molar-refractivity contribution >= 4 is 5.91 Å². The van der Waals surface area contributed by atoms with Crippen LogP contribution in [0.2, 0.25) is 0 Å². The Morgan fingerprint density at radius 2 is 2.28 bits per heavy atom. The molecule has 0 saturated carbocycles. The molecular formula is C13H22N4O. The fourth-order valence-electron chi connectivity index (χ4n) is 2.44. The van der Waals surface area contributed by atoms with E-state index < -0.39 is 0 Å². The molecule has 1 aromatic rings. The van der Waals surface area contributed by atoms with Crippen LogP contribution < -0.4 is 5.32 Å². The number of amides is 1. The lowest BCUT2D eigenvalue weighted by Gasteiger charge is -2.23. The molecule has 0 aliphatic carbocycles. The molecule has 5 heteroatoms. The van der Waals surface area contributed by atoms with Crippen LogP contribution in [0.4, 0.5) is 0 Å². The monoisotopic (exact) mass is 250 g/mol. The Labute approximate surface area is 108 Å². The molecule has 1 saturated heterocycles. The van der Waals surface area contributed by atoms with Crippen LogP contribution >= 0.6 is 0 Å². The first-order valence-electron chi connectivity index (χ1n) is 6.81. The lowest BCUT2D eigenvalue weighted by Crippen LogP contribution is -2.30. The van der Waals surface area contributed by atoms with Crippen LogP contribution in [0, 0.1) is 0 Å². The van der Waals surface area contributed by atoms with Gasteiger partial charge < -0.3 is 5.32 Å². The van der Waals surface area contributed by atoms with Crippen molar-refractivity contribution in [1.82, 2.24) is 20.0 Å². The van der Waals surface area contributed by atoms with Gasteiger partial charge in [0.05, 0.1) is 12.2 Å². The summed E-state index contributed by atoms with van der Waals surface area (Å²) in [5, 5.41) is 7.31. The molecule has 100 valence electrons. The van der Waals surface area contributed by atoms with Gasteiger partial charge in [0.2, 0.25) is 5.91 Å². The number of unbranched alkanes of at least 4 members (excludes halogenated alkanes) is 2. The van der Waals surface area contributed by atoms with Gasteiger partial charge in [-0.3, -0.25) is 14.4 Å². The first-order valence-corrected chi connectivity index (χ1v) is 6.81. The van der Waals surface area contributed by atoms with Crippen LogP contribution in [0.25, 0.3) is 0 Å². The van der Waals surface area contributed by atoms with Crippen LogP contribution in [-0.2, 0) is 11.3 Å². The van der Waals surface area contributed by atoms with Gasteiger partial charge in [-0.2, -0.15) is 5.10 Å². The van der Waals surface area contributed by atoms with Crippen molar-refractivity contribution in [3.8, 4) is 0 Å². The number of nitrogens with one attached hydrogen (secondary N) is 1. The lowest BCUT2D eigenvalue weighted by atomic mass is 10.2. The van der Waals surface area contributed by atoms with Gasteiger partial charge in [0.1, 0.15) is 6.17 Å². The normalized spacial score (nSPS) is 20.3. The molecule has 1 aliphatic heterocycles. The molecule has 1 amide bonds. The maximum absolute atomic E-state index is 11.6. The molecule has 0 spiro atoms. The molecular weight excluding hydrogens is 228 g/mol. The van der Waals surface area contributed by atoms with E-state index in [-0.39, 0.29) is 12.1 Å². The average Bonchev–Trinajstić information content (AvgIpc) is 2.95. The van der Waals surface area contributed by atoms with Crippen molar-refractivity contribution < 1.29 is 4.79 Å². The maximum atomic E-state index is 11.6. The molecule has 18 heavy (non-hydrogen) atoms. The summed E-state index contributed by atoms with van der Waals surface area (Å²) in [6.07, 6.45) is 5.35. The lowest BCUT2D eigenvalue weighted by molar-refractivity contribution is -0.118. The van der Waals surface area contributed by atoms with Crippen molar-refractivity contribution in [3.05, 3.63) is 18.0 Å². The topological polar surface area (TPSA) is 50.2 Å². The van der Waals surface area contributed by atoms with Gasteiger partial charge in [-0.25, -0.2) is 0 Å². The zero-order valence-corrected chi connectivity index (χ0v) is 11.2. The van der Waals surface area contributed by atoms with Gasteiger partial charge in [0.25, 0.3) is 0 Å². The van der Waals surface area contributed by atoms with E-state index in [1.807, 2.05) is 10.7 Å². The zero-order valence-electron chi connectivity index (χ0n) is 11.2. The van der Waals surface area contributed by atoms with Crippen LogP contribution in [-0.4, -0.2) is 33.7 Å². The quantitative estimate of drug-likeness (QED) is 0.779. The van der Waals surface area contributed by atoms with Crippen molar-refractivity contribution in [3.63, 3.8) is 0 Å². The number of aryl methyl sites for hydroxylation is 1. The number of carbonyl (C=O) groups is 1. The van der Waals surface area contributed by atoms with E-state index in [9.17, 15) is 4.79 Å². The minimum absolute atomic E-state index is 0.00296. The second-order valence-corrected chi connectivity index (χ2v) is 4.72. The third-order valence-electron chi connectivity index (χ3n) is 3.39. The van der Waals surface area contributed by atoms with Gasteiger partial charge in [-0.05, 0) is 19.4 Å². The number of hydrogen-bond acceptors (Lipinski definition) is 3. The Hall–Kier alpha value is -1.36. The Bertz CT molecular complexity index is 401. The Morgan fingerprint density at radius 3 is 3.00 bits per heavy atom. The molecule has 1 atom stereocenters. The Balaban J connectivity index is 2.07. The summed E-state index contributed by atoms with van der Waals surface area (Å²) >= 11 is 0. The predicted octanol–water partition coefficient (Wildman–Crippen LogP) is 1.52. The van der Waals surface area contributed by atoms with E-state index >= 15 is 0 Å². The summed E-state index contributed by atoms with van der Waals surface area (Å²) in [5.74, 6) is 0.111. The molecule has 1 unspecified atom stereocenters. The summed E-state index contributed by atoms with van der Waals surface area (Å²) in [6.45, 7) is 6.55. The van der Waals surface area contributed by atoms with Crippen molar-refractivity contribution in [1.29, 1.82) is 0 Å². The second-order valence-electron chi connectivity index (χ2n) is 4.72. The van der Waals surface area contributed by atoms with Crippen LogP contribution in [0.1, 0.15) is 45.0 Å². The van der Waals surface area contributed by atoms with Crippen LogP contribution in [0.5, 0.6) is 0 Å². The minimum Gasteiger partial charge on any atom is -0.334 e. The van der Waals surface area contributed by atoms with Crippen molar-refractivity contribution in [2.24, 2.45) is 0 Å². The highest BCUT2D eigenvalue weighted by atomic mass is 16.2. The molecule has 1 aromatic heterocycles. The highest BCUT2D eigenvalue weighted by Crippen LogP contribution is 2.22. The predicted molar refractivity (Wildman–Crippen MR) is 69.9 cm³/mol. The number of carbonyl (C=O) groups excluding carboxylic acids is 1. The van der Waals surface area contributed by atoms with E-state index in [2.05, 4.69) is 29.2 Å². The third-order valence-corrected chi connectivity index (χ3v) is 3.39. The van der Waals surface area contributed by atoms with Crippen molar-refractivity contribution in [2.75, 3.05) is 13.1 Å². The average molecular weight is 250 g/mol. The minimum atomic E-state index is -0.00296. The summed E-state index contributed by atoms with van der Waals surface area (Å²) in [4.78, 5) is 13.8. The van der Waals surface area contributed by atoms with Crippen LogP contribution in [0.15, 0.2) is 12.3 Å². The molecule has 1 fully saturated rings. The number of nitrogens with zero attached hydrogens (tertiary/aromatic N) is 3. The van der Waals surface area contributed by atoms with Gasteiger partial charge in [-0.15, -0.1) is 0 Å². The Kier molecular flexibility index (Phi) is 4.36. The maximum Gasteiger partial charge on any atom is 0.235 e. The van der Waals surface area contributed by atoms with E-state index in [0.717, 1.165) is 25.2 Å². The fraction of sp³-hybridized carbons (Fsp3) is 0.692. The number of aromatic nitrogens is 2. The molecule has 1 aliphatic rings. The molecule has 0 radical (unpaired) electrons. The second kappa shape index (κ2) is 6.00. The summed E-state index contributed by atoms with van der Waals surface area (Å²) in [6, 6.07) is 1.99. The molecule has 2 heterocycles. The zero-order chi connectivity index (χ0) is 13.0. The largest absolute Gasteiger partial charge is 0.334 e. The summed E-state index contributed by atoms with van der Waals surface area (Å²) < 4.78 is 1.95. The van der Waals surface area contributed by atoms with Crippen molar-refractivity contribution in [2.45, 2.75) is 45.8 Å². The van der Waals surface area contributed by atoms with Gasteiger partial charge in [0.15, 0.2) is 0 Å². The third kappa shape index (κ3) is 2.72. The smallest absolute Gasteiger partial charge is 0.235 e.